The predicted molar refractivity (Wildman–Crippen MR) is 119 cm³/mol. The monoisotopic (exact) mass is 463 g/mol. The summed E-state index contributed by atoms with van der Waals surface area (Å²) in [7, 11) is 0. The summed E-state index contributed by atoms with van der Waals surface area (Å²) >= 11 is 0. The van der Waals surface area contributed by atoms with Gasteiger partial charge in [-0.15, -0.1) is 0 Å². The topological polar surface area (TPSA) is 110 Å². The van der Waals surface area contributed by atoms with Crippen molar-refractivity contribution in [2.75, 3.05) is 26.2 Å². The van der Waals surface area contributed by atoms with Crippen molar-refractivity contribution in [1.29, 1.82) is 0 Å². The number of aromatic hydroxyl groups is 1. The van der Waals surface area contributed by atoms with E-state index in [2.05, 4.69) is 0 Å². The molecule has 6 aliphatic rings. The van der Waals surface area contributed by atoms with Gasteiger partial charge in [-0.3, -0.25) is 24.1 Å². The highest BCUT2D eigenvalue weighted by atomic mass is 16.6. The van der Waals surface area contributed by atoms with Crippen molar-refractivity contribution in [2.45, 2.75) is 31.5 Å². The van der Waals surface area contributed by atoms with E-state index in [1.165, 1.54) is 6.07 Å². The lowest BCUT2D eigenvalue weighted by Gasteiger charge is -2.58. The maximum Gasteiger partial charge on any atom is 0.213 e. The summed E-state index contributed by atoms with van der Waals surface area (Å²) in [6.45, 7) is 4.52. The number of hydrogen-bond acceptors (Lipinski definition) is 8. The molecule has 3 aliphatic carbocycles. The van der Waals surface area contributed by atoms with E-state index in [0.29, 0.717) is 12.1 Å². The van der Waals surface area contributed by atoms with Crippen LogP contribution in [0.4, 0.5) is 0 Å². The first-order valence-electron chi connectivity index (χ1n) is 11.6. The van der Waals surface area contributed by atoms with Crippen LogP contribution in [0.5, 0.6) is 11.5 Å². The molecular weight excluding hydrogens is 438 g/mol. The minimum Gasteiger partial charge on any atom is -0.507 e. The summed E-state index contributed by atoms with van der Waals surface area (Å²) in [6, 6.07) is 4.68. The van der Waals surface area contributed by atoms with Crippen molar-refractivity contribution in [1.82, 2.24) is 4.90 Å². The fourth-order valence-electron chi connectivity index (χ4n) is 6.63. The summed E-state index contributed by atoms with van der Waals surface area (Å²) in [5.74, 6) is -2.47. The Balaban J connectivity index is 1.51. The number of phenolic OH excluding ortho intramolecular Hbond substituents is 1. The second-order valence-electron chi connectivity index (χ2n) is 10.2. The molecule has 8 heteroatoms. The van der Waals surface area contributed by atoms with Gasteiger partial charge in [0.25, 0.3) is 0 Å². The third-order valence-electron chi connectivity index (χ3n) is 8.12. The Hall–Kier alpha value is -3.10. The lowest BCUT2D eigenvalue weighted by atomic mass is 9.49. The van der Waals surface area contributed by atoms with E-state index in [1.54, 1.807) is 23.1 Å². The molecule has 8 nitrogen and oxygen atoms in total. The summed E-state index contributed by atoms with van der Waals surface area (Å²) in [5.41, 5.74) is -1.20. The third-order valence-corrected chi connectivity index (χ3v) is 8.12. The fraction of sp³-hybridized carbons (Fsp3) is 0.462. The molecule has 1 unspecified atom stereocenters. The minimum atomic E-state index is -1.35. The van der Waals surface area contributed by atoms with Gasteiger partial charge in [0, 0.05) is 30.4 Å². The molecule has 4 bridgehead atoms. The summed E-state index contributed by atoms with van der Waals surface area (Å²) < 4.78 is 12.9. The molecule has 5 atom stereocenters. The maximum atomic E-state index is 14.0. The van der Waals surface area contributed by atoms with Crippen LogP contribution in [0.15, 0.2) is 41.5 Å². The molecule has 1 saturated carbocycles. The van der Waals surface area contributed by atoms with Crippen LogP contribution in [-0.2, 0) is 19.1 Å². The van der Waals surface area contributed by atoms with E-state index in [1.807, 2.05) is 19.9 Å². The number of nitrogens with zero attached hydrogens (tertiary/aromatic N) is 1. The molecule has 1 aromatic rings. The van der Waals surface area contributed by atoms with E-state index in [9.17, 15) is 24.3 Å². The number of phenols is 1. The Bertz CT molecular complexity index is 1230. The molecule has 1 aromatic carbocycles. The van der Waals surface area contributed by atoms with Crippen LogP contribution in [-0.4, -0.2) is 70.6 Å². The smallest absolute Gasteiger partial charge is 0.213 e. The molecule has 3 heterocycles. The maximum absolute atomic E-state index is 14.0. The van der Waals surface area contributed by atoms with E-state index >= 15 is 0 Å². The number of rotatable bonds is 4. The number of ether oxygens (including phenoxy) is 2. The SMILES string of the molecule is CC(C)=CCC12OC[C@@H]3[C@@H](CN4CC(=O)C(=O)C4)[C@@H](C=C4C(=O)c5c(O)cccc5O[C@]431)C2=O. The molecule has 1 N–H and O–H groups in total. The molecule has 7 rings (SSSR count). The number of fused-ring (bicyclic) bond motifs is 1. The fourth-order valence-corrected chi connectivity index (χ4v) is 6.63. The number of likely N-dealkylation sites (tertiary alicyclic amines) is 1. The molecule has 3 aliphatic heterocycles. The molecule has 2 saturated heterocycles. The molecule has 3 fully saturated rings. The van der Waals surface area contributed by atoms with E-state index in [0.717, 1.165) is 5.57 Å². The largest absolute Gasteiger partial charge is 0.507 e. The highest BCUT2D eigenvalue weighted by Gasteiger charge is 2.79. The molecular formula is C26H25NO7. The first-order chi connectivity index (χ1) is 16.2. The third kappa shape index (κ3) is 2.50. The van der Waals surface area contributed by atoms with Gasteiger partial charge in [-0.1, -0.05) is 23.8 Å². The Morgan fingerprint density at radius 3 is 2.62 bits per heavy atom. The van der Waals surface area contributed by atoms with E-state index in [4.69, 9.17) is 9.47 Å². The second-order valence-corrected chi connectivity index (χ2v) is 10.2. The lowest BCUT2D eigenvalue weighted by Crippen LogP contribution is -2.74. The Kier molecular flexibility index (Phi) is 4.39. The highest BCUT2D eigenvalue weighted by molar-refractivity contribution is 6.40. The molecule has 1 spiro atoms. The normalized spacial score (nSPS) is 35.7. The highest BCUT2D eigenvalue weighted by Crippen LogP contribution is 2.65. The van der Waals surface area contributed by atoms with E-state index in [-0.39, 0.29) is 66.6 Å². The van der Waals surface area contributed by atoms with Gasteiger partial charge in [0.2, 0.25) is 11.6 Å². The van der Waals surface area contributed by atoms with Crippen molar-refractivity contribution < 1.29 is 33.8 Å². The molecule has 0 radical (unpaired) electrons. The van der Waals surface area contributed by atoms with Gasteiger partial charge in [0.15, 0.2) is 22.8 Å². The van der Waals surface area contributed by atoms with Crippen molar-refractivity contribution in [2.24, 2.45) is 17.8 Å². The van der Waals surface area contributed by atoms with Crippen LogP contribution < -0.4 is 4.74 Å². The average Bonchev–Trinajstić information content (AvgIpc) is 3.25. The van der Waals surface area contributed by atoms with Crippen molar-refractivity contribution in [3.63, 3.8) is 0 Å². The van der Waals surface area contributed by atoms with Gasteiger partial charge in [0.05, 0.1) is 19.7 Å². The van der Waals surface area contributed by atoms with Gasteiger partial charge in [-0.25, -0.2) is 0 Å². The van der Waals surface area contributed by atoms with Gasteiger partial charge in [0.1, 0.15) is 17.1 Å². The molecule has 34 heavy (non-hydrogen) atoms. The molecule has 0 amide bonds. The number of benzene rings is 1. The summed E-state index contributed by atoms with van der Waals surface area (Å²) in [6.07, 6.45) is 3.90. The number of carbonyl (C=O) groups is 4. The number of Topliss-reactive ketones (excluding diaryl/α,β-unsaturated/α-hetero) is 4. The zero-order valence-electron chi connectivity index (χ0n) is 19.0. The first-order valence-corrected chi connectivity index (χ1v) is 11.6. The van der Waals surface area contributed by atoms with E-state index < -0.39 is 28.7 Å². The van der Waals surface area contributed by atoms with Crippen molar-refractivity contribution in [3.8, 4) is 11.5 Å². The van der Waals surface area contributed by atoms with Gasteiger partial charge < -0.3 is 14.6 Å². The summed E-state index contributed by atoms with van der Waals surface area (Å²) in [5, 5.41) is 10.4. The molecule has 176 valence electrons. The standard InChI is InChI=1S/C26H25NO7/c1-13(2)6-7-25-24(32)14-8-16-23(31)22-18(28)4-3-5-21(22)34-26(16,25)17(12-33-25)15(14)9-27-10-19(29)20(30)11-27/h3-6,8,14-15,17,28H,7,9-12H2,1-2H3/t14-,15+,17-,25?,26-/m1/s1. The quantitative estimate of drug-likeness (QED) is 0.530. The van der Waals surface area contributed by atoms with Crippen LogP contribution in [0.3, 0.4) is 0 Å². The van der Waals surface area contributed by atoms with Gasteiger partial charge in [-0.05, 0) is 31.9 Å². The van der Waals surface area contributed by atoms with Crippen LogP contribution in [0.2, 0.25) is 0 Å². The lowest BCUT2D eigenvalue weighted by molar-refractivity contribution is -0.171. The zero-order chi connectivity index (χ0) is 24.0. The Morgan fingerprint density at radius 2 is 1.91 bits per heavy atom. The van der Waals surface area contributed by atoms with Crippen LogP contribution in [0.1, 0.15) is 30.6 Å². The number of allylic oxidation sites excluding steroid dienone is 2. The Morgan fingerprint density at radius 1 is 1.18 bits per heavy atom. The predicted octanol–water partition coefficient (Wildman–Crippen LogP) is 1.66. The average molecular weight is 463 g/mol. The Labute approximate surface area is 196 Å². The van der Waals surface area contributed by atoms with Crippen LogP contribution in [0.25, 0.3) is 0 Å². The van der Waals surface area contributed by atoms with Crippen molar-refractivity contribution >= 4 is 23.1 Å². The number of ketones is 4. The minimum absolute atomic E-state index is 0.0345. The second kappa shape index (κ2) is 6.96. The van der Waals surface area contributed by atoms with Crippen LogP contribution >= 0.6 is 0 Å². The van der Waals surface area contributed by atoms with Crippen LogP contribution in [0, 0.1) is 17.8 Å². The van der Waals surface area contributed by atoms with Gasteiger partial charge in [-0.2, -0.15) is 0 Å². The first kappa shape index (κ1) is 21.4. The zero-order valence-corrected chi connectivity index (χ0v) is 19.0. The molecule has 0 aromatic heterocycles. The number of hydrogen-bond donors (Lipinski definition) is 1. The number of carbonyl (C=O) groups excluding carboxylic acids is 4. The van der Waals surface area contributed by atoms with Gasteiger partial charge >= 0.3 is 0 Å². The summed E-state index contributed by atoms with van der Waals surface area (Å²) in [4.78, 5) is 53.2. The van der Waals surface area contributed by atoms with Crippen molar-refractivity contribution in [3.05, 3.63) is 47.1 Å².